The van der Waals surface area contributed by atoms with E-state index >= 15 is 0 Å². The number of pyridine rings is 1. The van der Waals surface area contributed by atoms with Crippen molar-refractivity contribution in [2.24, 2.45) is 0 Å². The molecule has 0 aliphatic heterocycles. The van der Waals surface area contributed by atoms with Crippen molar-refractivity contribution in [1.29, 1.82) is 5.41 Å². The lowest BCUT2D eigenvalue weighted by atomic mass is 9.83. The molecule has 154 valence electrons. The van der Waals surface area contributed by atoms with Gasteiger partial charge in [0.15, 0.2) is 0 Å². The first-order chi connectivity index (χ1) is 13.7. The Balaban J connectivity index is 2.39. The Labute approximate surface area is 167 Å². The number of nitrogens with two attached hydrogens (primary N) is 1. The molecule has 1 aromatic carbocycles. The lowest BCUT2D eigenvalue weighted by Crippen LogP contribution is -2.18. The zero-order chi connectivity index (χ0) is 21.3. The molecule has 0 saturated heterocycles. The van der Waals surface area contributed by atoms with E-state index in [1.807, 2.05) is 0 Å². The number of benzene rings is 1. The molecule has 1 aliphatic rings. The summed E-state index contributed by atoms with van der Waals surface area (Å²) in [6.45, 7) is 3.28. The van der Waals surface area contributed by atoms with Gasteiger partial charge in [-0.2, -0.15) is 13.2 Å². The second kappa shape index (κ2) is 7.77. The van der Waals surface area contributed by atoms with Crippen LogP contribution in [0.15, 0.2) is 30.5 Å². The maximum atomic E-state index is 13.5. The molecule has 0 unspecified atom stereocenters. The Kier molecular flexibility index (Phi) is 5.55. The summed E-state index contributed by atoms with van der Waals surface area (Å²) in [5.74, 6) is -0.0962. The number of nitrogens with zero attached hydrogens (tertiary/aromatic N) is 1. The fourth-order valence-corrected chi connectivity index (χ4v) is 3.80. The third-order valence-electron chi connectivity index (χ3n) is 5.15. The van der Waals surface area contributed by atoms with Gasteiger partial charge in [0.05, 0.1) is 29.5 Å². The number of allylic oxidation sites excluding steroid dienone is 2. The Morgan fingerprint density at radius 2 is 1.93 bits per heavy atom. The molecule has 2 aromatic rings. The SMILES string of the molecule is C=C(/C(=C\NC)c1nc2ccc(N)c(C(=N)OC)c2c2c1CCCC2)C(F)(F)F. The number of aryl methyl sites for hydroxylation is 1. The Bertz CT molecular complexity index is 1020. The first kappa shape index (κ1) is 20.7. The summed E-state index contributed by atoms with van der Waals surface area (Å²) in [6.07, 6.45) is -0.294. The van der Waals surface area contributed by atoms with E-state index in [0.717, 1.165) is 24.0 Å². The number of alkyl halides is 3. The summed E-state index contributed by atoms with van der Waals surface area (Å²) in [6, 6.07) is 3.26. The highest BCUT2D eigenvalue weighted by Gasteiger charge is 2.36. The number of hydrogen-bond donors (Lipinski definition) is 3. The van der Waals surface area contributed by atoms with Crippen LogP contribution in [0.4, 0.5) is 18.9 Å². The normalized spacial score (nSPS) is 14.4. The van der Waals surface area contributed by atoms with Crippen LogP contribution in [0.5, 0.6) is 0 Å². The van der Waals surface area contributed by atoms with Gasteiger partial charge in [-0.3, -0.25) is 5.41 Å². The van der Waals surface area contributed by atoms with Crippen LogP contribution in [0.2, 0.25) is 0 Å². The minimum Gasteiger partial charge on any atom is -0.481 e. The molecule has 1 aliphatic carbocycles. The van der Waals surface area contributed by atoms with Gasteiger partial charge in [-0.25, -0.2) is 4.98 Å². The van der Waals surface area contributed by atoms with Crippen LogP contribution in [-0.2, 0) is 17.6 Å². The summed E-state index contributed by atoms with van der Waals surface area (Å²) in [5.41, 5.74) is 8.24. The number of methoxy groups -OCH3 is 1. The van der Waals surface area contributed by atoms with Crippen molar-refractivity contribution in [2.75, 3.05) is 19.9 Å². The van der Waals surface area contributed by atoms with Crippen LogP contribution >= 0.6 is 0 Å². The van der Waals surface area contributed by atoms with Crippen molar-refractivity contribution in [2.45, 2.75) is 31.9 Å². The number of nitrogen functional groups attached to an aromatic ring is 1. The van der Waals surface area contributed by atoms with Crippen LogP contribution in [-0.4, -0.2) is 31.2 Å². The van der Waals surface area contributed by atoms with E-state index in [9.17, 15) is 13.2 Å². The van der Waals surface area contributed by atoms with E-state index in [0.29, 0.717) is 35.0 Å². The topological polar surface area (TPSA) is 84.0 Å². The number of nitrogens with one attached hydrogen (secondary N) is 2. The van der Waals surface area contributed by atoms with Crippen LogP contribution in [0.1, 0.15) is 35.2 Å². The molecule has 0 radical (unpaired) electrons. The van der Waals surface area contributed by atoms with Gasteiger partial charge in [-0.15, -0.1) is 0 Å². The number of hydrogen-bond acceptors (Lipinski definition) is 5. The number of ether oxygens (including phenoxy) is 1. The molecule has 0 spiro atoms. The van der Waals surface area contributed by atoms with Gasteiger partial charge in [0, 0.05) is 29.9 Å². The fraction of sp³-hybridized carbons (Fsp3) is 0.333. The van der Waals surface area contributed by atoms with Gasteiger partial charge in [0.1, 0.15) is 0 Å². The quantitative estimate of drug-likeness (QED) is 0.306. The lowest BCUT2D eigenvalue weighted by Gasteiger charge is -2.25. The first-order valence-electron chi connectivity index (χ1n) is 9.21. The van der Waals surface area contributed by atoms with Crippen molar-refractivity contribution in [1.82, 2.24) is 10.3 Å². The molecule has 4 N–H and O–H groups in total. The van der Waals surface area contributed by atoms with Crippen LogP contribution < -0.4 is 11.1 Å². The monoisotopic (exact) mass is 404 g/mol. The Hall–Kier alpha value is -3.03. The fourth-order valence-electron chi connectivity index (χ4n) is 3.80. The van der Waals surface area contributed by atoms with Crippen LogP contribution in [0.3, 0.4) is 0 Å². The molecule has 0 atom stereocenters. The van der Waals surface area contributed by atoms with Crippen molar-refractivity contribution in [3.05, 3.63) is 52.9 Å². The van der Waals surface area contributed by atoms with Crippen molar-refractivity contribution in [3.63, 3.8) is 0 Å². The smallest absolute Gasteiger partial charge is 0.416 e. The third kappa shape index (κ3) is 3.66. The highest BCUT2D eigenvalue weighted by molar-refractivity contribution is 6.11. The maximum Gasteiger partial charge on any atom is 0.416 e. The number of halogens is 3. The Morgan fingerprint density at radius 3 is 2.52 bits per heavy atom. The minimum absolute atomic E-state index is 0.0831. The van der Waals surface area contributed by atoms with Crippen LogP contribution in [0, 0.1) is 5.41 Å². The van der Waals surface area contributed by atoms with E-state index in [1.165, 1.54) is 20.4 Å². The number of rotatable bonds is 4. The van der Waals surface area contributed by atoms with E-state index in [2.05, 4.69) is 16.9 Å². The average Bonchev–Trinajstić information content (AvgIpc) is 2.70. The molecule has 0 bridgehead atoms. The molecule has 5 nitrogen and oxygen atoms in total. The van der Waals surface area contributed by atoms with Gasteiger partial charge in [0.2, 0.25) is 5.90 Å². The summed E-state index contributed by atoms with van der Waals surface area (Å²) in [7, 11) is 2.92. The second-order valence-electron chi connectivity index (χ2n) is 6.90. The minimum atomic E-state index is -4.58. The lowest BCUT2D eigenvalue weighted by molar-refractivity contribution is -0.0867. The predicted octanol–water partition coefficient (Wildman–Crippen LogP) is 4.35. The van der Waals surface area contributed by atoms with Crippen molar-refractivity contribution >= 4 is 28.1 Å². The van der Waals surface area contributed by atoms with Crippen molar-refractivity contribution < 1.29 is 17.9 Å². The first-order valence-corrected chi connectivity index (χ1v) is 9.21. The number of fused-ring (bicyclic) bond motifs is 3. The molecule has 1 aromatic heterocycles. The summed E-state index contributed by atoms with van der Waals surface area (Å²) in [4.78, 5) is 4.58. The van der Waals surface area contributed by atoms with Crippen molar-refractivity contribution in [3.8, 4) is 0 Å². The maximum absolute atomic E-state index is 13.5. The molecule has 0 saturated carbocycles. The van der Waals surface area contributed by atoms with Gasteiger partial charge in [-0.05, 0) is 48.9 Å². The standard InChI is InChI=1S/C21H23F3N4O/c1-11(21(22,23)24)14(10-27-2)19-13-7-5-4-6-12(13)17-16(28-19)9-8-15(25)18(17)20(26)29-3/h8-10,26-27H,1,4-7,25H2,2-3H3/b14-10+,26-20?. The molecule has 29 heavy (non-hydrogen) atoms. The summed E-state index contributed by atoms with van der Waals surface area (Å²) in [5, 5.41) is 11.5. The van der Waals surface area contributed by atoms with Gasteiger partial charge in [-0.1, -0.05) is 6.58 Å². The molecule has 0 fully saturated rings. The molecule has 3 rings (SSSR count). The Morgan fingerprint density at radius 1 is 1.28 bits per heavy atom. The molecular formula is C21H23F3N4O. The highest BCUT2D eigenvalue weighted by Crippen LogP contribution is 2.41. The average molecular weight is 404 g/mol. The summed E-state index contributed by atoms with van der Waals surface area (Å²) >= 11 is 0. The van der Waals surface area contributed by atoms with Gasteiger partial charge in [0.25, 0.3) is 0 Å². The van der Waals surface area contributed by atoms with Gasteiger partial charge < -0.3 is 15.8 Å². The molecule has 8 heteroatoms. The zero-order valence-electron chi connectivity index (χ0n) is 16.3. The number of anilines is 1. The summed E-state index contributed by atoms with van der Waals surface area (Å²) < 4.78 is 45.5. The second-order valence-corrected chi connectivity index (χ2v) is 6.90. The van der Waals surface area contributed by atoms with Crippen LogP contribution in [0.25, 0.3) is 16.5 Å². The molecule has 0 amide bonds. The van der Waals surface area contributed by atoms with E-state index in [-0.39, 0.29) is 17.2 Å². The predicted molar refractivity (Wildman–Crippen MR) is 109 cm³/mol. The largest absolute Gasteiger partial charge is 0.481 e. The van der Waals surface area contributed by atoms with E-state index in [4.69, 9.17) is 15.9 Å². The van der Waals surface area contributed by atoms with E-state index in [1.54, 1.807) is 12.1 Å². The van der Waals surface area contributed by atoms with E-state index < -0.39 is 11.7 Å². The number of aromatic nitrogens is 1. The highest BCUT2D eigenvalue weighted by atomic mass is 19.4. The molecular weight excluding hydrogens is 381 g/mol. The van der Waals surface area contributed by atoms with Gasteiger partial charge >= 0.3 is 6.18 Å². The zero-order valence-corrected chi connectivity index (χ0v) is 16.3. The third-order valence-corrected chi connectivity index (χ3v) is 5.15. The molecule has 1 heterocycles.